The van der Waals surface area contributed by atoms with Crippen LogP contribution >= 0.6 is 0 Å². The van der Waals surface area contributed by atoms with Crippen molar-refractivity contribution in [3.8, 4) is 17.2 Å². The molecule has 9 heteroatoms. The number of carboxylic acid groups (broad SMARTS) is 1. The van der Waals surface area contributed by atoms with Crippen LogP contribution in [0.2, 0.25) is 0 Å². The molecule has 1 aromatic rings. The smallest absolute Gasteiger partial charge is 0.300 e. The van der Waals surface area contributed by atoms with Crippen LogP contribution in [0.25, 0.3) is 0 Å². The molecule has 0 aliphatic rings. The van der Waals surface area contributed by atoms with E-state index in [1.54, 1.807) is 19.2 Å². The summed E-state index contributed by atoms with van der Waals surface area (Å²) in [6, 6.07) is 3.41. The van der Waals surface area contributed by atoms with Crippen LogP contribution in [-0.4, -0.2) is 44.6 Å². The van der Waals surface area contributed by atoms with Gasteiger partial charge in [0.05, 0.1) is 33.1 Å². The van der Waals surface area contributed by atoms with Crippen molar-refractivity contribution in [3.63, 3.8) is 0 Å². The van der Waals surface area contributed by atoms with E-state index in [2.05, 4.69) is 10.5 Å². The zero-order valence-electron chi connectivity index (χ0n) is 12.8. The van der Waals surface area contributed by atoms with E-state index in [0.717, 1.165) is 6.92 Å². The van der Waals surface area contributed by atoms with Gasteiger partial charge in [-0.25, -0.2) is 5.43 Å². The number of nitrogens with two attached hydrogens (primary N) is 1. The van der Waals surface area contributed by atoms with Gasteiger partial charge >= 0.3 is 0 Å². The van der Waals surface area contributed by atoms with Gasteiger partial charge in [0.1, 0.15) is 17.2 Å². The Kier molecular flexibility index (Phi) is 8.53. The third-order valence-corrected chi connectivity index (χ3v) is 2.13. The lowest BCUT2D eigenvalue weighted by atomic mass is 10.2. The van der Waals surface area contributed by atoms with Gasteiger partial charge in [0.15, 0.2) is 0 Å². The Hall–Kier alpha value is -2.97. The maximum absolute atomic E-state index is 9.00. The standard InChI is InChI=1S/C11H16N4O3.C2H4O2/c1-16-7-4-9(17-2)8(10(5-7)18-3)6-14-15-11(12)13;1-2(3)4/h4-6H,1-3H3,(H4,12,13,15);1H3,(H,3,4)/b14-6+;. The number of hydrazone groups is 1. The van der Waals surface area contributed by atoms with Crippen molar-refractivity contribution >= 4 is 18.1 Å². The molecule has 0 bridgehead atoms. The van der Waals surface area contributed by atoms with Crippen LogP contribution in [0.3, 0.4) is 0 Å². The molecule has 0 aliphatic carbocycles. The fourth-order valence-electron chi connectivity index (χ4n) is 1.33. The van der Waals surface area contributed by atoms with E-state index in [-0.39, 0.29) is 5.96 Å². The van der Waals surface area contributed by atoms with Gasteiger partial charge in [-0.05, 0) is 0 Å². The molecule has 0 saturated carbocycles. The van der Waals surface area contributed by atoms with Crippen molar-refractivity contribution in [2.24, 2.45) is 10.8 Å². The van der Waals surface area contributed by atoms with Crippen LogP contribution in [0, 0.1) is 5.41 Å². The zero-order valence-corrected chi connectivity index (χ0v) is 12.8. The number of carboxylic acids is 1. The second-order valence-electron chi connectivity index (χ2n) is 3.75. The molecule has 9 nitrogen and oxygen atoms in total. The highest BCUT2D eigenvalue weighted by Gasteiger charge is 2.11. The monoisotopic (exact) mass is 312 g/mol. The van der Waals surface area contributed by atoms with Gasteiger partial charge in [0, 0.05) is 19.1 Å². The van der Waals surface area contributed by atoms with Gasteiger partial charge in [0.2, 0.25) is 5.96 Å². The maximum atomic E-state index is 9.00. The average Bonchev–Trinajstić information content (AvgIpc) is 2.46. The van der Waals surface area contributed by atoms with Crippen LogP contribution in [0.4, 0.5) is 0 Å². The molecule has 0 aliphatic heterocycles. The molecule has 0 aromatic heterocycles. The molecule has 1 rings (SSSR count). The molecule has 1 aromatic carbocycles. The quantitative estimate of drug-likeness (QED) is 0.355. The van der Waals surface area contributed by atoms with Gasteiger partial charge in [-0.2, -0.15) is 5.10 Å². The summed E-state index contributed by atoms with van der Waals surface area (Å²) in [6.45, 7) is 1.08. The van der Waals surface area contributed by atoms with Crippen LogP contribution in [0.5, 0.6) is 17.2 Å². The van der Waals surface area contributed by atoms with E-state index in [1.165, 1.54) is 20.4 Å². The van der Waals surface area contributed by atoms with E-state index in [9.17, 15) is 0 Å². The molecule has 0 fully saturated rings. The lowest BCUT2D eigenvalue weighted by molar-refractivity contribution is -0.134. The van der Waals surface area contributed by atoms with E-state index in [0.29, 0.717) is 22.8 Å². The Morgan fingerprint density at radius 1 is 1.27 bits per heavy atom. The van der Waals surface area contributed by atoms with E-state index in [1.807, 2.05) is 0 Å². The third kappa shape index (κ3) is 6.98. The van der Waals surface area contributed by atoms with E-state index >= 15 is 0 Å². The summed E-state index contributed by atoms with van der Waals surface area (Å²) in [6.07, 6.45) is 1.46. The fraction of sp³-hybridized carbons (Fsp3) is 0.308. The summed E-state index contributed by atoms with van der Waals surface area (Å²) in [5.41, 5.74) is 8.05. The molecule has 0 atom stereocenters. The normalized spacial score (nSPS) is 9.45. The van der Waals surface area contributed by atoms with Crippen LogP contribution in [-0.2, 0) is 4.79 Å². The molecule has 0 unspecified atom stereocenters. The fourth-order valence-corrected chi connectivity index (χ4v) is 1.33. The number of benzene rings is 1. The number of aliphatic carboxylic acids is 1. The highest BCUT2D eigenvalue weighted by atomic mass is 16.5. The number of carbonyl (C=O) groups is 1. The molecule has 5 N–H and O–H groups in total. The Bertz CT molecular complexity index is 516. The Labute approximate surface area is 128 Å². The first kappa shape index (κ1) is 19.0. The SMILES string of the molecule is CC(=O)O.COc1cc(OC)c(/C=N/NC(=N)N)c(OC)c1. The number of nitrogens with zero attached hydrogens (tertiary/aromatic N) is 1. The van der Waals surface area contributed by atoms with Crippen molar-refractivity contribution in [1.29, 1.82) is 5.41 Å². The van der Waals surface area contributed by atoms with Crippen LogP contribution < -0.4 is 25.4 Å². The number of ether oxygens (including phenoxy) is 3. The van der Waals surface area contributed by atoms with Gasteiger partial charge in [-0.1, -0.05) is 0 Å². The first-order valence-electron chi connectivity index (χ1n) is 5.98. The van der Waals surface area contributed by atoms with Gasteiger partial charge in [-0.15, -0.1) is 0 Å². The molecule has 22 heavy (non-hydrogen) atoms. The lowest BCUT2D eigenvalue weighted by Crippen LogP contribution is -2.25. The third-order valence-electron chi connectivity index (χ3n) is 2.13. The van der Waals surface area contributed by atoms with Crippen molar-refractivity contribution in [2.75, 3.05) is 21.3 Å². The topological polar surface area (TPSA) is 139 Å². The van der Waals surface area contributed by atoms with Gasteiger partial charge < -0.3 is 25.1 Å². The van der Waals surface area contributed by atoms with Gasteiger partial charge in [-0.3, -0.25) is 10.2 Å². The minimum atomic E-state index is -0.833. The van der Waals surface area contributed by atoms with E-state index < -0.39 is 5.97 Å². The summed E-state index contributed by atoms with van der Waals surface area (Å²) in [5, 5.41) is 18.2. The number of methoxy groups -OCH3 is 3. The summed E-state index contributed by atoms with van der Waals surface area (Å²) in [4.78, 5) is 9.00. The Balaban J connectivity index is 0.000000980. The van der Waals surface area contributed by atoms with E-state index in [4.69, 9.17) is 35.3 Å². The van der Waals surface area contributed by atoms with Crippen molar-refractivity contribution in [1.82, 2.24) is 5.43 Å². The second-order valence-corrected chi connectivity index (χ2v) is 3.75. The molecule has 0 heterocycles. The largest absolute Gasteiger partial charge is 0.496 e. The first-order chi connectivity index (χ1) is 10.3. The maximum Gasteiger partial charge on any atom is 0.300 e. The van der Waals surface area contributed by atoms with Crippen molar-refractivity contribution in [3.05, 3.63) is 17.7 Å². The predicted octanol–water partition coefficient (Wildman–Crippen LogP) is 0.620. The lowest BCUT2D eigenvalue weighted by Gasteiger charge is -2.12. The van der Waals surface area contributed by atoms with Crippen molar-refractivity contribution in [2.45, 2.75) is 6.92 Å². The highest BCUT2D eigenvalue weighted by molar-refractivity contribution is 5.89. The minimum absolute atomic E-state index is 0.252. The van der Waals surface area contributed by atoms with Gasteiger partial charge in [0.25, 0.3) is 5.97 Å². The average molecular weight is 312 g/mol. The molecule has 0 radical (unpaired) electrons. The molecule has 122 valence electrons. The Morgan fingerprint density at radius 3 is 2.05 bits per heavy atom. The summed E-state index contributed by atoms with van der Waals surface area (Å²) in [7, 11) is 4.62. The number of hydrogen-bond donors (Lipinski definition) is 4. The zero-order chi connectivity index (χ0) is 17.1. The molecular formula is C13H20N4O5. The van der Waals surface area contributed by atoms with Crippen molar-refractivity contribution < 1.29 is 24.1 Å². The van der Waals surface area contributed by atoms with Crippen LogP contribution in [0.1, 0.15) is 12.5 Å². The minimum Gasteiger partial charge on any atom is -0.496 e. The summed E-state index contributed by atoms with van der Waals surface area (Å²) in [5.74, 6) is 0.610. The summed E-state index contributed by atoms with van der Waals surface area (Å²) >= 11 is 0. The first-order valence-corrected chi connectivity index (χ1v) is 5.98. The van der Waals surface area contributed by atoms with Crippen LogP contribution in [0.15, 0.2) is 17.2 Å². The predicted molar refractivity (Wildman–Crippen MR) is 82.1 cm³/mol. The Morgan fingerprint density at radius 2 is 1.73 bits per heavy atom. The number of rotatable bonds is 5. The molecule has 0 amide bonds. The number of nitrogens with one attached hydrogen (secondary N) is 2. The second kappa shape index (κ2) is 9.86. The number of hydrogen-bond acceptors (Lipinski definition) is 6. The molecular weight excluding hydrogens is 292 g/mol. The highest BCUT2D eigenvalue weighted by Crippen LogP contribution is 2.32. The molecule has 0 spiro atoms. The number of guanidine groups is 1. The molecule has 0 saturated heterocycles. The summed E-state index contributed by atoms with van der Waals surface area (Å²) < 4.78 is 15.6.